The number of rotatable bonds is 5. The lowest BCUT2D eigenvalue weighted by Gasteiger charge is -2.25. The fourth-order valence-electron chi connectivity index (χ4n) is 3.04. The maximum Gasteiger partial charge on any atom is 0.287 e. The molecule has 0 bridgehead atoms. The van der Waals surface area contributed by atoms with Gasteiger partial charge in [0, 0.05) is 33.8 Å². The van der Waals surface area contributed by atoms with Gasteiger partial charge in [-0.1, -0.05) is 0 Å². The highest BCUT2D eigenvalue weighted by atomic mass is 16.5. The highest BCUT2D eigenvalue weighted by molar-refractivity contribution is 5.92. The molecule has 24 heavy (non-hydrogen) atoms. The number of methoxy groups -OCH3 is 1. The molecule has 0 radical (unpaired) electrons. The Labute approximate surface area is 139 Å². The molecule has 0 aliphatic carbocycles. The summed E-state index contributed by atoms with van der Waals surface area (Å²) >= 11 is 0. The van der Waals surface area contributed by atoms with Crippen LogP contribution >= 0.6 is 0 Å². The topological polar surface area (TPSA) is 89.6 Å². The molecule has 8 heteroatoms. The summed E-state index contributed by atoms with van der Waals surface area (Å²) in [7, 11) is 5.10. The second-order valence-corrected chi connectivity index (χ2v) is 5.81. The maximum atomic E-state index is 12.4. The molecule has 3 rings (SSSR count). The van der Waals surface area contributed by atoms with Crippen LogP contribution in [0.4, 0.5) is 0 Å². The lowest BCUT2D eigenvalue weighted by atomic mass is 10.1. The summed E-state index contributed by atoms with van der Waals surface area (Å²) in [4.78, 5) is 26.2. The predicted molar refractivity (Wildman–Crippen MR) is 84.0 cm³/mol. The molecule has 0 aromatic carbocycles. The van der Waals surface area contributed by atoms with Crippen LogP contribution in [0.5, 0.6) is 0 Å². The number of carbonyl (C=O) groups excluding carboxylic acids is 2. The molecular weight excluding hydrogens is 312 g/mol. The average molecular weight is 332 g/mol. The number of likely N-dealkylation sites (N-methyl/N-ethyl adjacent to an activating group) is 1. The van der Waals surface area contributed by atoms with Crippen molar-refractivity contribution < 1.29 is 18.7 Å². The van der Waals surface area contributed by atoms with Crippen molar-refractivity contribution in [1.82, 2.24) is 20.0 Å². The van der Waals surface area contributed by atoms with Crippen LogP contribution in [0, 0.1) is 0 Å². The van der Waals surface area contributed by atoms with Crippen molar-refractivity contribution >= 4 is 11.8 Å². The molecule has 1 aliphatic heterocycles. The van der Waals surface area contributed by atoms with Gasteiger partial charge in [0.05, 0.1) is 17.8 Å². The van der Waals surface area contributed by atoms with Crippen LogP contribution in [0.15, 0.2) is 28.8 Å². The Hall–Kier alpha value is -2.61. The Kier molecular flexibility index (Phi) is 4.39. The van der Waals surface area contributed by atoms with E-state index in [4.69, 9.17) is 9.15 Å². The van der Waals surface area contributed by atoms with E-state index in [1.54, 1.807) is 42.1 Å². The van der Waals surface area contributed by atoms with E-state index < -0.39 is 0 Å². The smallest absolute Gasteiger partial charge is 0.287 e. The zero-order valence-electron chi connectivity index (χ0n) is 13.9. The predicted octanol–water partition coefficient (Wildman–Crippen LogP) is 0.861. The largest absolute Gasteiger partial charge is 0.453 e. The first-order valence-corrected chi connectivity index (χ1v) is 7.63. The van der Waals surface area contributed by atoms with Gasteiger partial charge in [0.15, 0.2) is 5.76 Å². The Balaban J connectivity index is 1.78. The molecule has 128 valence electrons. The standard InChI is InChI=1S/C16H20N4O4/c1-19-14(21)8-11(15(19)12-6-7-17-20(12)2)18-16(22)13-5-4-10(24-13)9-23-3/h4-7,11,15H,8-9H2,1-3H3,(H,18,22)/t11-,15-/m1/s1. The van der Waals surface area contributed by atoms with E-state index in [0.29, 0.717) is 12.4 Å². The summed E-state index contributed by atoms with van der Waals surface area (Å²) in [6.45, 7) is 0.301. The van der Waals surface area contributed by atoms with Gasteiger partial charge in [-0.3, -0.25) is 14.3 Å². The highest BCUT2D eigenvalue weighted by Crippen LogP contribution is 2.31. The van der Waals surface area contributed by atoms with Gasteiger partial charge in [-0.25, -0.2) is 0 Å². The molecule has 0 spiro atoms. The second-order valence-electron chi connectivity index (χ2n) is 5.81. The number of nitrogens with zero attached hydrogens (tertiary/aromatic N) is 3. The van der Waals surface area contributed by atoms with E-state index in [1.807, 2.05) is 13.1 Å². The first-order chi connectivity index (χ1) is 11.5. The molecule has 0 unspecified atom stereocenters. The lowest BCUT2D eigenvalue weighted by Crippen LogP contribution is -2.39. The molecule has 2 amide bonds. The normalized spacial score (nSPS) is 20.6. The van der Waals surface area contributed by atoms with Crippen molar-refractivity contribution in [3.05, 3.63) is 41.6 Å². The number of nitrogens with one attached hydrogen (secondary N) is 1. The molecule has 2 atom stereocenters. The van der Waals surface area contributed by atoms with Crippen molar-refractivity contribution in [3.63, 3.8) is 0 Å². The number of ether oxygens (including phenoxy) is 1. The van der Waals surface area contributed by atoms with Gasteiger partial charge in [0.1, 0.15) is 12.4 Å². The number of amides is 2. The van der Waals surface area contributed by atoms with E-state index in [0.717, 1.165) is 5.69 Å². The molecule has 3 heterocycles. The Morgan fingerprint density at radius 2 is 2.21 bits per heavy atom. The van der Waals surface area contributed by atoms with Crippen molar-refractivity contribution in [3.8, 4) is 0 Å². The Morgan fingerprint density at radius 1 is 1.42 bits per heavy atom. The van der Waals surface area contributed by atoms with Crippen molar-refractivity contribution in [1.29, 1.82) is 0 Å². The molecule has 1 aliphatic rings. The minimum Gasteiger partial charge on any atom is -0.453 e. The molecule has 1 N–H and O–H groups in total. The van der Waals surface area contributed by atoms with Crippen LogP contribution in [0.25, 0.3) is 0 Å². The van der Waals surface area contributed by atoms with Crippen molar-refractivity contribution in [2.24, 2.45) is 7.05 Å². The Morgan fingerprint density at radius 3 is 2.88 bits per heavy atom. The van der Waals surface area contributed by atoms with Gasteiger partial charge in [-0.2, -0.15) is 5.10 Å². The molecule has 2 aromatic rings. The fraction of sp³-hybridized carbons (Fsp3) is 0.438. The minimum absolute atomic E-state index is 0.0222. The quantitative estimate of drug-likeness (QED) is 0.877. The van der Waals surface area contributed by atoms with Gasteiger partial charge in [-0.15, -0.1) is 0 Å². The number of carbonyl (C=O) groups is 2. The summed E-state index contributed by atoms with van der Waals surface area (Å²) in [6.07, 6.45) is 1.91. The number of aryl methyl sites for hydroxylation is 1. The lowest BCUT2D eigenvalue weighted by molar-refractivity contribution is -0.127. The second kappa shape index (κ2) is 6.48. The van der Waals surface area contributed by atoms with Gasteiger partial charge in [0.25, 0.3) is 5.91 Å². The van der Waals surface area contributed by atoms with Gasteiger partial charge in [-0.05, 0) is 18.2 Å². The zero-order chi connectivity index (χ0) is 17.3. The first kappa shape index (κ1) is 16.3. The van der Waals surface area contributed by atoms with Crippen LogP contribution in [-0.4, -0.2) is 46.7 Å². The van der Waals surface area contributed by atoms with Crippen molar-refractivity contribution in [2.45, 2.75) is 25.1 Å². The first-order valence-electron chi connectivity index (χ1n) is 7.63. The van der Waals surface area contributed by atoms with Crippen molar-refractivity contribution in [2.75, 3.05) is 14.2 Å². The fourth-order valence-corrected chi connectivity index (χ4v) is 3.04. The summed E-state index contributed by atoms with van der Waals surface area (Å²) in [5.74, 6) is 0.405. The Bertz CT molecular complexity index is 751. The van der Waals surface area contributed by atoms with Crippen LogP contribution in [0.3, 0.4) is 0 Å². The molecule has 1 fully saturated rings. The third-order valence-electron chi connectivity index (χ3n) is 4.24. The number of likely N-dealkylation sites (tertiary alicyclic amines) is 1. The van der Waals surface area contributed by atoms with Crippen LogP contribution in [0.2, 0.25) is 0 Å². The monoisotopic (exact) mass is 332 g/mol. The third-order valence-corrected chi connectivity index (χ3v) is 4.24. The summed E-state index contributed by atoms with van der Waals surface area (Å²) in [5, 5.41) is 7.05. The zero-order valence-corrected chi connectivity index (χ0v) is 13.9. The van der Waals surface area contributed by atoms with E-state index in [1.165, 1.54) is 0 Å². The number of aromatic nitrogens is 2. The number of hydrogen-bond donors (Lipinski definition) is 1. The van der Waals surface area contributed by atoms with Gasteiger partial charge in [0.2, 0.25) is 5.91 Å². The summed E-state index contributed by atoms with van der Waals surface area (Å²) in [6, 6.07) is 4.54. The maximum absolute atomic E-state index is 12.4. The molecule has 0 saturated carbocycles. The average Bonchev–Trinajstić information content (AvgIpc) is 3.22. The van der Waals surface area contributed by atoms with Gasteiger partial charge >= 0.3 is 0 Å². The SMILES string of the molecule is COCc1ccc(C(=O)N[C@@H]2CC(=O)N(C)[C@H]2c2ccnn2C)o1. The van der Waals surface area contributed by atoms with E-state index in [-0.39, 0.29) is 36.1 Å². The summed E-state index contributed by atoms with van der Waals surface area (Å²) < 4.78 is 12.1. The number of hydrogen-bond acceptors (Lipinski definition) is 5. The van der Waals surface area contributed by atoms with Crippen LogP contribution in [-0.2, 0) is 23.2 Å². The highest BCUT2D eigenvalue weighted by Gasteiger charge is 2.41. The van der Waals surface area contributed by atoms with Crippen LogP contribution < -0.4 is 5.32 Å². The van der Waals surface area contributed by atoms with E-state index in [9.17, 15) is 9.59 Å². The van der Waals surface area contributed by atoms with E-state index in [2.05, 4.69) is 10.4 Å². The number of furan rings is 1. The third kappa shape index (κ3) is 2.92. The van der Waals surface area contributed by atoms with Gasteiger partial charge < -0.3 is 19.4 Å². The summed E-state index contributed by atoms with van der Waals surface area (Å²) in [5.41, 5.74) is 0.869. The molecule has 1 saturated heterocycles. The minimum atomic E-state index is -0.349. The van der Waals surface area contributed by atoms with Crippen LogP contribution in [0.1, 0.15) is 34.5 Å². The molecule has 2 aromatic heterocycles. The molecule has 8 nitrogen and oxygen atoms in total. The molecular formula is C16H20N4O4. The van der Waals surface area contributed by atoms with E-state index >= 15 is 0 Å².